The van der Waals surface area contributed by atoms with Crippen molar-refractivity contribution >= 4 is 38.9 Å². The van der Waals surface area contributed by atoms with Gasteiger partial charge in [-0.3, -0.25) is 0 Å². The normalized spacial score (nSPS) is 12.6. The Labute approximate surface area is 170 Å². The predicted molar refractivity (Wildman–Crippen MR) is 112 cm³/mol. The summed E-state index contributed by atoms with van der Waals surface area (Å²) in [4.78, 5) is 7.55. The van der Waals surface area contributed by atoms with Gasteiger partial charge in [0.25, 0.3) is 10.0 Å². The Kier molecular flexibility index (Phi) is 7.32. The summed E-state index contributed by atoms with van der Waals surface area (Å²) in [5.74, 6) is 0.750. The maximum Gasteiger partial charge on any atom is 0.252 e. The van der Waals surface area contributed by atoms with Crippen LogP contribution in [0, 0.1) is 0 Å². The van der Waals surface area contributed by atoms with Crippen molar-refractivity contribution in [3.05, 3.63) is 40.0 Å². The molecule has 0 saturated carbocycles. The number of hydrogen-bond donors (Lipinski definition) is 1. The summed E-state index contributed by atoms with van der Waals surface area (Å²) in [6, 6.07) is 5.37. The van der Waals surface area contributed by atoms with Gasteiger partial charge in [0.2, 0.25) is 0 Å². The molecule has 0 atom stereocenters. The summed E-state index contributed by atoms with van der Waals surface area (Å²) in [7, 11) is 3.57. The highest BCUT2D eigenvalue weighted by molar-refractivity contribution is 7.91. The minimum atomic E-state index is -3.40. The summed E-state index contributed by atoms with van der Waals surface area (Å²) in [6.45, 7) is 3.81. The number of hydrogen-bond acceptors (Lipinski definition) is 4. The molecule has 0 spiro atoms. The second-order valence-corrected chi connectivity index (χ2v) is 10.3. The van der Waals surface area contributed by atoms with Crippen LogP contribution < -0.4 is 5.32 Å². The third-order valence-corrected chi connectivity index (χ3v) is 7.49. The molecule has 0 amide bonds. The third kappa shape index (κ3) is 5.47. The molecule has 0 radical (unpaired) electrons. The molecule has 0 unspecified atom stereocenters. The largest absolute Gasteiger partial charge is 0.357 e. The van der Waals surface area contributed by atoms with E-state index in [1.807, 2.05) is 48.8 Å². The Balaban J connectivity index is 2.13. The zero-order valence-electron chi connectivity index (χ0n) is 16.2. The molecule has 2 aromatic heterocycles. The number of guanidine groups is 1. The van der Waals surface area contributed by atoms with Crippen molar-refractivity contribution in [1.29, 1.82) is 0 Å². The van der Waals surface area contributed by atoms with Crippen molar-refractivity contribution in [2.75, 3.05) is 27.7 Å². The summed E-state index contributed by atoms with van der Waals surface area (Å²) in [6.07, 6.45) is 1.87. The molecule has 7 nitrogen and oxygen atoms in total. The Morgan fingerprint density at radius 1 is 1.33 bits per heavy atom. The first-order valence-electron chi connectivity index (χ1n) is 8.46. The van der Waals surface area contributed by atoms with Crippen LogP contribution >= 0.6 is 22.9 Å². The number of halogens is 1. The smallest absolute Gasteiger partial charge is 0.252 e. The predicted octanol–water partition coefficient (Wildman–Crippen LogP) is 2.59. The summed E-state index contributed by atoms with van der Waals surface area (Å²) in [5.41, 5.74) is 1.07. The van der Waals surface area contributed by atoms with E-state index in [2.05, 4.69) is 10.3 Å². The first-order chi connectivity index (χ1) is 12.6. The lowest BCUT2D eigenvalue weighted by Gasteiger charge is -2.22. The van der Waals surface area contributed by atoms with E-state index in [1.54, 1.807) is 6.07 Å². The number of thiophene rings is 1. The number of rotatable bonds is 7. The third-order valence-electron chi connectivity index (χ3n) is 3.93. The highest BCUT2D eigenvalue weighted by atomic mass is 35.5. The van der Waals surface area contributed by atoms with Crippen molar-refractivity contribution in [2.45, 2.75) is 24.2 Å². The zero-order chi connectivity index (χ0) is 20.2. The van der Waals surface area contributed by atoms with Crippen LogP contribution in [0.1, 0.15) is 17.5 Å². The fraction of sp³-hybridized carbons (Fsp3) is 0.471. The molecular weight excluding hydrogens is 406 g/mol. The highest BCUT2D eigenvalue weighted by Crippen LogP contribution is 2.24. The fourth-order valence-corrected chi connectivity index (χ4v) is 5.15. The van der Waals surface area contributed by atoms with Gasteiger partial charge in [0.15, 0.2) is 5.96 Å². The van der Waals surface area contributed by atoms with Crippen LogP contribution in [0.25, 0.3) is 0 Å². The Hall–Kier alpha value is -1.55. The Morgan fingerprint density at radius 2 is 2.04 bits per heavy atom. The first kappa shape index (κ1) is 21.7. The Morgan fingerprint density at radius 3 is 2.59 bits per heavy atom. The maximum absolute atomic E-state index is 12.2. The van der Waals surface area contributed by atoms with E-state index in [0.717, 1.165) is 23.1 Å². The van der Waals surface area contributed by atoms with E-state index in [-0.39, 0.29) is 0 Å². The molecule has 2 heterocycles. The number of aliphatic imine (C=N–C) groups is 1. The fourth-order valence-electron chi connectivity index (χ4n) is 2.43. The molecule has 1 N–H and O–H groups in total. The monoisotopic (exact) mass is 431 g/mol. The van der Waals surface area contributed by atoms with Gasteiger partial charge < -0.3 is 14.8 Å². The van der Waals surface area contributed by atoms with Gasteiger partial charge in [-0.05, 0) is 25.1 Å². The van der Waals surface area contributed by atoms with Crippen molar-refractivity contribution in [2.24, 2.45) is 12.0 Å². The lowest BCUT2D eigenvalue weighted by Crippen LogP contribution is -2.38. The SMILES string of the molecule is CCNC(=NCc1ccc(S(=O)(=O)N(C)C)s1)N(C)Cc1cc(Cl)cn1C. The molecular formula is C17H26ClN5O2S2. The lowest BCUT2D eigenvalue weighted by atomic mass is 10.4. The molecule has 0 fully saturated rings. The molecule has 0 aliphatic heterocycles. The van der Waals surface area contributed by atoms with Gasteiger partial charge in [-0.15, -0.1) is 11.3 Å². The van der Waals surface area contributed by atoms with Crippen LogP contribution in [-0.4, -0.2) is 55.8 Å². The molecule has 0 aliphatic carbocycles. The zero-order valence-corrected chi connectivity index (χ0v) is 18.6. The van der Waals surface area contributed by atoms with Crippen molar-refractivity contribution in [3.8, 4) is 0 Å². The van der Waals surface area contributed by atoms with Crippen molar-refractivity contribution in [1.82, 2.24) is 19.1 Å². The van der Waals surface area contributed by atoms with Crippen LogP contribution in [0.3, 0.4) is 0 Å². The second-order valence-electron chi connectivity index (χ2n) is 6.29. The van der Waals surface area contributed by atoms with Gasteiger partial charge in [0.1, 0.15) is 4.21 Å². The second kappa shape index (κ2) is 9.09. The molecule has 2 aromatic rings. The van der Waals surface area contributed by atoms with Crippen molar-refractivity contribution in [3.63, 3.8) is 0 Å². The van der Waals surface area contributed by atoms with E-state index in [0.29, 0.717) is 22.3 Å². The average molecular weight is 432 g/mol. The summed E-state index contributed by atoms with van der Waals surface area (Å²) < 4.78 is 27.9. The Bertz CT molecular complexity index is 902. The van der Waals surface area contributed by atoms with Crippen LogP contribution in [0.4, 0.5) is 0 Å². The first-order valence-corrected chi connectivity index (χ1v) is 11.1. The molecule has 10 heteroatoms. The van der Waals surface area contributed by atoms with Gasteiger partial charge in [0.05, 0.1) is 18.1 Å². The minimum Gasteiger partial charge on any atom is -0.357 e. The van der Waals surface area contributed by atoms with Gasteiger partial charge in [-0.2, -0.15) is 0 Å². The number of nitrogens with one attached hydrogen (secondary N) is 1. The minimum absolute atomic E-state index is 0.328. The van der Waals surface area contributed by atoms with Crippen LogP contribution in [0.5, 0.6) is 0 Å². The molecule has 0 aliphatic rings. The number of aromatic nitrogens is 1. The molecule has 27 heavy (non-hydrogen) atoms. The van der Waals surface area contributed by atoms with E-state index in [4.69, 9.17) is 11.6 Å². The molecule has 0 saturated heterocycles. The van der Waals surface area contributed by atoms with E-state index < -0.39 is 10.0 Å². The van der Waals surface area contributed by atoms with Gasteiger partial charge in [-0.25, -0.2) is 17.7 Å². The number of aryl methyl sites for hydroxylation is 1. The standard InChI is InChI=1S/C17H26ClN5O2S2/c1-6-19-17(23(5)12-14-9-13(18)11-22(14)4)20-10-15-7-8-16(26-15)27(24,25)21(2)3/h7-9,11H,6,10,12H2,1-5H3,(H,19,20). The summed E-state index contributed by atoms with van der Waals surface area (Å²) in [5, 5.41) is 3.97. The number of nitrogens with zero attached hydrogens (tertiary/aromatic N) is 4. The quantitative estimate of drug-likeness (QED) is 0.540. The van der Waals surface area contributed by atoms with E-state index in [9.17, 15) is 8.42 Å². The molecule has 2 rings (SSSR count). The van der Waals surface area contributed by atoms with Crippen LogP contribution in [0.2, 0.25) is 5.02 Å². The molecule has 0 bridgehead atoms. The number of sulfonamides is 1. The topological polar surface area (TPSA) is 69.9 Å². The summed E-state index contributed by atoms with van der Waals surface area (Å²) >= 11 is 7.30. The van der Waals surface area contributed by atoms with Gasteiger partial charge in [0, 0.05) is 51.5 Å². The lowest BCUT2D eigenvalue weighted by molar-refractivity contribution is 0.462. The van der Waals surface area contributed by atoms with Gasteiger partial charge in [-0.1, -0.05) is 11.6 Å². The van der Waals surface area contributed by atoms with Crippen LogP contribution in [-0.2, 0) is 30.2 Å². The average Bonchev–Trinajstić information content (AvgIpc) is 3.18. The van der Waals surface area contributed by atoms with Crippen LogP contribution in [0.15, 0.2) is 33.6 Å². The van der Waals surface area contributed by atoms with Crippen molar-refractivity contribution < 1.29 is 8.42 Å². The molecule has 150 valence electrons. The van der Waals surface area contributed by atoms with Gasteiger partial charge >= 0.3 is 0 Å². The maximum atomic E-state index is 12.2. The highest BCUT2D eigenvalue weighted by Gasteiger charge is 2.19. The van der Waals surface area contributed by atoms with E-state index in [1.165, 1.54) is 29.7 Å². The van der Waals surface area contributed by atoms with E-state index >= 15 is 0 Å². The molecule has 0 aromatic carbocycles.